The zero-order valence-electron chi connectivity index (χ0n) is 14.4. The third kappa shape index (κ3) is 11.9. The summed E-state index contributed by atoms with van der Waals surface area (Å²) < 4.78 is 21.7. The maximum atomic E-state index is 11.6. The number of aliphatic carboxylic acids is 1. The van der Waals surface area contributed by atoms with E-state index in [9.17, 15) is 9.59 Å². The van der Waals surface area contributed by atoms with Gasteiger partial charge < -0.3 is 24.1 Å². The first kappa shape index (κ1) is 22.8. The number of hydrogen-bond donors (Lipinski definition) is 1. The van der Waals surface area contributed by atoms with E-state index in [4.69, 9.17) is 24.1 Å². The van der Waals surface area contributed by atoms with Crippen LogP contribution in [0, 0.1) is 5.41 Å². The fourth-order valence-electron chi connectivity index (χ4n) is 1.74. The number of ether oxygens (including phenoxy) is 4. The van der Waals surface area contributed by atoms with Crippen molar-refractivity contribution < 1.29 is 33.6 Å². The molecule has 0 unspecified atom stereocenters. The second-order valence-electron chi connectivity index (χ2n) is 5.19. The lowest BCUT2D eigenvalue weighted by Crippen LogP contribution is -2.42. The van der Waals surface area contributed by atoms with Crippen LogP contribution in [0.3, 0.4) is 0 Å². The minimum Gasteiger partial charge on any atom is -0.478 e. The van der Waals surface area contributed by atoms with Gasteiger partial charge >= 0.3 is 11.9 Å². The molecule has 0 aliphatic heterocycles. The Bertz CT molecular complexity index is 432. The molecule has 0 aliphatic carbocycles. The molecule has 25 heavy (non-hydrogen) atoms. The van der Waals surface area contributed by atoms with E-state index in [2.05, 4.69) is 19.7 Å². The third-order valence-electron chi connectivity index (χ3n) is 2.81. The number of carboxylic acids is 1. The SMILES string of the molecule is C=CCOCC(COCC=C)(COCC=C)COC(=O)C=CC(=O)O. The Balaban J connectivity index is 4.98. The molecule has 0 fully saturated rings. The van der Waals surface area contributed by atoms with E-state index in [0.29, 0.717) is 25.9 Å². The maximum absolute atomic E-state index is 11.6. The van der Waals surface area contributed by atoms with Gasteiger partial charge in [0.1, 0.15) is 6.61 Å². The van der Waals surface area contributed by atoms with E-state index >= 15 is 0 Å². The molecular weight excluding hydrogens is 328 g/mol. The third-order valence-corrected chi connectivity index (χ3v) is 2.81. The van der Waals surface area contributed by atoms with E-state index in [-0.39, 0.29) is 26.4 Å². The highest BCUT2D eigenvalue weighted by molar-refractivity contribution is 5.90. The lowest BCUT2D eigenvalue weighted by molar-refractivity contribution is -0.149. The number of hydrogen-bond acceptors (Lipinski definition) is 6. The number of rotatable bonds is 16. The van der Waals surface area contributed by atoms with Gasteiger partial charge in [-0.25, -0.2) is 9.59 Å². The van der Waals surface area contributed by atoms with E-state index in [0.717, 1.165) is 6.08 Å². The Morgan fingerprint density at radius 3 is 1.60 bits per heavy atom. The fourth-order valence-corrected chi connectivity index (χ4v) is 1.74. The molecule has 0 atom stereocenters. The zero-order valence-corrected chi connectivity index (χ0v) is 14.4. The second kappa shape index (κ2) is 14.2. The first-order valence-corrected chi connectivity index (χ1v) is 7.63. The van der Waals surface area contributed by atoms with Crippen LogP contribution in [0.2, 0.25) is 0 Å². The molecule has 0 saturated heterocycles. The van der Waals surface area contributed by atoms with Crippen molar-refractivity contribution in [2.45, 2.75) is 0 Å². The molecule has 0 aromatic rings. The predicted octanol–water partition coefficient (Wildman–Crippen LogP) is 1.76. The van der Waals surface area contributed by atoms with E-state index in [1.54, 1.807) is 18.2 Å². The minimum atomic E-state index is -1.24. The van der Waals surface area contributed by atoms with Crippen LogP contribution in [0.15, 0.2) is 50.1 Å². The quantitative estimate of drug-likeness (QED) is 0.195. The highest BCUT2D eigenvalue weighted by Crippen LogP contribution is 2.21. The number of carbonyl (C=O) groups is 2. The first-order chi connectivity index (χ1) is 12.0. The molecule has 0 spiro atoms. The summed E-state index contributed by atoms with van der Waals surface area (Å²) in [6, 6.07) is 0. The topological polar surface area (TPSA) is 91.3 Å². The van der Waals surface area contributed by atoms with Crippen molar-refractivity contribution in [3.8, 4) is 0 Å². The van der Waals surface area contributed by atoms with Crippen molar-refractivity contribution in [3.63, 3.8) is 0 Å². The van der Waals surface area contributed by atoms with Crippen molar-refractivity contribution in [3.05, 3.63) is 50.1 Å². The molecule has 0 heterocycles. The smallest absolute Gasteiger partial charge is 0.331 e. The van der Waals surface area contributed by atoms with Gasteiger partial charge in [0.05, 0.1) is 45.1 Å². The van der Waals surface area contributed by atoms with Crippen molar-refractivity contribution in [2.75, 3.05) is 46.2 Å². The molecule has 0 aromatic heterocycles. The largest absolute Gasteiger partial charge is 0.478 e. The molecule has 0 amide bonds. The minimum absolute atomic E-state index is 0.0682. The highest BCUT2D eigenvalue weighted by Gasteiger charge is 2.33. The van der Waals surface area contributed by atoms with Crippen molar-refractivity contribution in [1.29, 1.82) is 0 Å². The van der Waals surface area contributed by atoms with Gasteiger partial charge in [0.25, 0.3) is 0 Å². The van der Waals surface area contributed by atoms with Crippen LogP contribution < -0.4 is 0 Å². The van der Waals surface area contributed by atoms with Gasteiger partial charge in [-0.15, -0.1) is 19.7 Å². The first-order valence-electron chi connectivity index (χ1n) is 7.63. The molecule has 140 valence electrons. The van der Waals surface area contributed by atoms with Crippen molar-refractivity contribution in [2.24, 2.45) is 5.41 Å². The zero-order chi connectivity index (χ0) is 19.0. The molecule has 0 bridgehead atoms. The van der Waals surface area contributed by atoms with E-state index in [1.807, 2.05) is 0 Å². The molecule has 7 heteroatoms. The molecule has 7 nitrogen and oxygen atoms in total. The Morgan fingerprint density at radius 2 is 1.24 bits per heavy atom. The summed E-state index contributed by atoms with van der Waals surface area (Å²) in [6.07, 6.45) is 6.35. The summed E-state index contributed by atoms with van der Waals surface area (Å²) >= 11 is 0. The highest BCUT2D eigenvalue weighted by atomic mass is 16.5. The van der Waals surface area contributed by atoms with Crippen LogP contribution >= 0.6 is 0 Å². The maximum Gasteiger partial charge on any atom is 0.331 e. The Morgan fingerprint density at radius 1 is 0.800 bits per heavy atom. The number of esters is 1. The van der Waals surface area contributed by atoms with Gasteiger partial charge in [0, 0.05) is 12.2 Å². The number of carboxylic acid groups (broad SMARTS) is 1. The van der Waals surface area contributed by atoms with Crippen LogP contribution in [-0.4, -0.2) is 63.3 Å². The van der Waals surface area contributed by atoms with Crippen LogP contribution in [0.4, 0.5) is 0 Å². The molecule has 1 N–H and O–H groups in total. The summed E-state index contributed by atoms with van der Waals surface area (Å²) in [5.41, 5.74) is -0.762. The Labute approximate surface area is 148 Å². The molecule has 0 saturated carbocycles. The predicted molar refractivity (Wildman–Crippen MR) is 93.2 cm³/mol. The van der Waals surface area contributed by atoms with Gasteiger partial charge in [-0.1, -0.05) is 18.2 Å². The Kier molecular flexibility index (Phi) is 12.9. The standard InChI is InChI=1S/C18H26O7/c1-4-9-22-12-18(13-23-10-5-2,14-24-11-6-3)15-25-17(21)8-7-16(19)20/h4-8H,1-3,9-15H2,(H,19,20). The summed E-state index contributed by atoms with van der Waals surface area (Å²) in [6.45, 7) is 12.2. The Hall–Kier alpha value is -2.22. The van der Waals surface area contributed by atoms with Gasteiger partial charge in [-0.2, -0.15) is 0 Å². The summed E-state index contributed by atoms with van der Waals surface area (Å²) in [5.74, 6) is -2.01. The molecule has 0 rings (SSSR count). The average Bonchev–Trinajstić information content (AvgIpc) is 2.58. The van der Waals surface area contributed by atoms with Gasteiger partial charge in [0.2, 0.25) is 0 Å². The number of carbonyl (C=O) groups excluding carboxylic acids is 1. The van der Waals surface area contributed by atoms with Gasteiger partial charge in [-0.05, 0) is 0 Å². The molecule has 0 aromatic carbocycles. The second-order valence-corrected chi connectivity index (χ2v) is 5.19. The van der Waals surface area contributed by atoms with Gasteiger partial charge in [-0.3, -0.25) is 0 Å². The van der Waals surface area contributed by atoms with Gasteiger partial charge in [0.15, 0.2) is 0 Å². The normalized spacial score (nSPS) is 11.2. The lowest BCUT2D eigenvalue weighted by atomic mass is 9.92. The van der Waals surface area contributed by atoms with Crippen LogP contribution in [0.1, 0.15) is 0 Å². The summed E-state index contributed by atoms with van der Waals surface area (Å²) in [7, 11) is 0. The summed E-state index contributed by atoms with van der Waals surface area (Å²) in [5, 5.41) is 8.54. The van der Waals surface area contributed by atoms with Crippen LogP contribution in [0.25, 0.3) is 0 Å². The van der Waals surface area contributed by atoms with E-state index in [1.165, 1.54) is 0 Å². The van der Waals surface area contributed by atoms with Crippen LogP contribution in [-0.2, 0) is 28.5 Å². The van der Waals surface area contributed by atoms with Crippen LogP contribution in [0.5, 0.6) is 0 Å². The van der Waals surface area contributed by atoms with Crippen molar-refractivity contribution in [1.82, 2.24) is 0 Å². The molecule has 0 radical (unpaired) electrons. The average molecular weight is 354 g/mol. The molecule has 0 aliphatic rings. The van der Waals surface area contributed by atoms with E-state index < -0.39 is 17.4 Å². The molecular formula is C18H26O7. The monoisotopic (exact) mass is 354 g/mol. The summed E-state index contributed by atoms with van der Waals surface area (Å²) in [4.78, 5) is 22.1. The lowest BCUT2D eigenvalue weighted by Gasteiger charge is -2.32. The fraction of sp³-hybridized carbons (Fsp3) is 0.444. The van der Waals surface area contributed by atoms with Crippen molar-refractivity contribution >= 4 is 11.9 Å².